The van der Waals surface area contributed by atoms with Crippen LogP contribution < -0.4 is 5.32 Å². The Morgan fingerprint density at radius 3 is 2.68 bits per heavy atom. The van der Waals surface area contributed by atoms with Crippen molar-refractivity contribution in [3.8, 4) is 0 Å². The van der Waals surface area contributed by atoms with Gasteiger partial charge in [-0.3, -0.25) is 4.68 Å². The highest BCUT2D eigenvalue weighted by Gasteiger charge is 2.08. The lowest BCUT2D eigenvalue weighted by atomic mass is 10.3. The summed E-state index contributed by atoms with van der Waals surface area (Å²) in [5, 5.41) is 7.70. The number of anilines is 1. The molecule has 3 aromatic rings. The Balaban J connectivity index is 1.86. The van der Waals surface area contributed by atoms with Gasteiger partial charge in [-0.1, -0.05) is 12.1 Å². The normalized spacial score (nSPS) is 11.1. The van der Waals surface area contributed by atoms with E-state index in [4.69, 9.17) is 0 Å². The number of hydrogen-bond donors (Lipinski definition) is 1. The van der Waals surface area contributed by atoms with Crippen molar-refractivity contribution in [2.45, 2.75) is 13.5 Å². The van der Waals surface area contributed by atoms with Crippen LogP contribution in [0.1, 0.15) is 11.5 Å². The fourth-order valence-corrected chi connectivity index (χ4v) is 2.30. The molecule has 5 heteroatoms. The molecule has 0 aliphatic heterocycles. The second-order valence-electron chi connectivity index (χ2n) is 4.73. The second-order valence-corrected chi connectivity index (χ2v) is 4.73. The molecule has 0 saturated heterocycles. The lowest BCUT2D eigenvalue weighted by Gasteiger charge is -2.05. The van der Waals surface area contributed by atoms with Gasteiger partial charge in [0.15, 0.2) is 0 Å². The minimum atomic E-state index is 0.692. The predicted molar refractivity (Wildman–Crippen MR) is 76.0 cm³/mol. The monoisotopic (exact) mass is 255 g/mol. The van der Waals surface area contributed by atoms with E-state index in [1.54, 1.807) is 0 Å². The van der Waals surface area contributed by atoms with E-state index in [2.05, 4.69) is 26.0 Å². The van der Waals surface area contributed by atoms with Crippen molar-refractivity contribution in [1.82, 2.24) is 19.3 Å². The van der Waals surface area contributed by atoms with Gasteiger partial charge in [0, 0.05) is 20.3 Å². The Kier molecular flexibility index (Phi) is 2.74. The van der Waals surface area contributed by atoms with Crippen LogP contribution in [0.15, 0.2) is 30.5 Å². The van der Waals surface area contributed by atoms with Crippen LogP contribution in [0.2, 0.25) is 0 Å². The maximum Gasteiger partial charge on any atom is 0.128 e. The molecule has 1 N–H and O–H groups in total. The van der Waals surface area contributed by atoms with E-state index in [-0.39, 0.29) is 0 Å². The molecule has 0 unspecified atom stereocenters. The molecule has 98 valence electrons. The number of hydrogen-bond acceptors (Lipinski definition) is 3. The molecule has 0 spiro atoms. The Morgan fingerprint density at radius 2 is 2.00 bits per heavy atom. The second kappa shape index (κ2) is 4.42. The molecule has 19 heavy (non-hydrogen) atoms. The predicted octanol–water partition coefficient (Wildman–Crippen LogP) is 2.23. The van der Waals surface area contributed by atoms with Gasteiger partial charge in [0.05, 0.1) is 29.0 Å². The highest BCUT2D eigenvalue weighted by Crippen LogP contribution is 2.16. The highest BCUT2D eigenvalue weighted by molar-refractivity contribution is 5.75. The number of nitrogens with one attached hydrogen (secondary N) is 1. The van der Waals surface area contributed by atoms with E-state index in [1.165, 1.54) is 0 Å². The average molecular weight is 255 g/mol. The van der Waals surface area contributed by atoms with Crippen LogP contribution in [0.5, 0.6) is 0 Å². The molecule has 0 atom stereocenters. The Bertz CT molecular complexity index is 723. The van der Waals surface area contributed by atoms with Crippen LogP contribution in [-0.2, 0) is 20.6 Å². The fraction of sp³-hybridized carbons (Fsp3) is 0.286. The van der Waals surface area contributed by atoms with Crippen molar-refractivity contribution in [3.63, 3.8) is 0 Å². The number of imidazole rings is 1. The molecule has 0 amide bonds. The lowest BCUT2D eigenvalue weighted by molar-refractivity contribution is 0.756. The summed E-state index contributed by atoms with van der Waals surface area (Å²) >= 11 is 0. The molecule has 1 aromatic carbocycles. The van der Waals surface area contributed by atoms with Crippen molar-refractivity contribution in [2.75, 3.05) is 5.32 Å². The number of fused-ring (bicyclic) bond motifs is 1. The van der Waals surface area contributed by atoms with Crippen LogP contribution in [0.4, 0.5) is 5.69 Å². The maximum atomic E-state index is 4.64. The zero-order chi connectivity index (χ0) is 13.4. The molecule has 0 aliphatic rings. The van der Waals surface area contributed by atoms with Gasteiger partial charge in [0.25, 0.3) is 0 Å². The van der Waals surface area contributed by atoms with Crippen molar-refractivity contribution in [3.05, 3.63) is 42.0 Å². The van der Waals surface area contributed by atoms with E-state index in [0.717, 1.165) is 28.2 Å². The molecule has 0 fully saturated rings. The van der Waals surface area contributed by atoms with Crippen LogP contribution in [0.3, 0.4) is 0 Å². The highest BCUT2D eigenvalue weighted by atomic mass is 15.3. The zero-order valence-corrected chi connectivity index (χ0v) is 11.4. The van der Waals surface area contributed by atoms with Crippen LogP contribution in [0.25, 0.3) is 11.0 Å². The van der Waals surface area contributed by atoms with Gasteiger partial charge in [-0.25, -0.2) is 4.98 Å². The van der Waals surface area contributed by atoms with E-state index < -0.39 is 0 Å². The molecule has 5 nitrogen and oxygen atoms in total. The topological polar surface area (TPSA) is 47.7 Å². The Labute approximate surface area is 111 Å². The summed E-state index contributed by atoms with van der Waals surface area (Å²) in [5.74, 6) is 1.02. The molecular weight excluding hydrogens is 238 g/mol. The van der Waals surface area contributed by atoms with Gasteiger partial charge in [0.2, 0.25) is 0 Å². The third kappa shape index (κ3) is 2.07. The number of rotatable bonds is 3. The summed E-state index contributed by atoms with van der Waals surface area (Å²) in [4.78, 5) is 4.64. The first-order chi connectivity index (χ1) is 9.15. The molecule has 3 rings (SSSR count). The molecule has 2 heterocycles. The van der Waals surface area contributed by atoms with Crippen LogP contribution in [-0.4, -0.2) is 19.3 Å². The number of aryl methyl sites for hydroxylation is 3. The van der Waals surface area contributed by atoms with E-state index in [1.807, 2.05) is 50.1 Å². The third-order valence-corrected chi connectivity index (χ3v) is 3.33. The van der Waals surface area contributed by atoms with Crippen molar-refractivity contribution in [1.29, 1.82) is 0 Å². The standard InChI is InChI=1S/C14H17N5/c1-10-12(9-18(2)17-10)15-8-14-16-11-6-4-5-7-13(11)19(14)3/h4-7,9,15H,8H2,1-3H3. The first kappa shape index (κ1) is 11.8. The summed E-state index contributed by atoms with van der Waals surface area (Å²) in [6.07, 6.45) is 1.98. The van der Waals surface area contributed by atoms with E-state index >= 15 is 0 Å². The largest absolute Gasteiger partial charge is 0.375 e. The van der Waals surface area contributed by atoms with Crippen LogP contribution >= 0.6 is 0 Å². The van der Waals surface area contributed by atoms with E-state index in [9.17, 15) is 0 Å². The first-order valence-electron chi connectivity index (χ1n) is 6.29. The first-order valence-corrected chi connectivity index (χ1v) is 6.29. The maximum absolute atomic E-state index is 4.64. The van der Waals surface area contributed by atoms with Crippen molar-refractivity contribution >= 4 is 16.7 Å². The van der Waals surface area contributed by atoms with Crippen LogP contribution in [0, 0.1) is 6.92 Å². The Morgan fingerprint density at radius 1 is 1.21 bits per heavy atom. The summed E-state index contributed by atoms with van der Waals surface area (Å²) in [6.45, 7) is 2.69. The zero-order valence-electron chi connectivity index (χ0n) is 11.4. The molecule has 2 aromatic heterocycles. The number of benzene rings is 1. The molecule has 0 aliphatic carbocycles. The third-order valence-electron chi connectivity index (χ3n) is 3.33. The fourth-order valence-electron chi connectivity index (χ4n) is 2.30. The summed E-state index contributed by atoms with van der Waals surface area (Å²) in [7, 11) is 3.97. The lowest BCUT2D eigenvalue weighted by Crippen LogP contribution is -2.06. The minimum absolute atomic E-state index is 0.692. The molecule has 0 saturated carbocycles. The Hall–Kier alpha value is -2.30. The summed E-state index contributed by atoms with van der Waals surface area (Å²) in [6, 6.07) is 8.17. The minimum Gasteiger partial charge on any atom is -0.375 e. The molecule has 0 bridgehead atoms. The average Bonchev–Trinajstić information content (AvgIpc) is 2.88. The number of para-hydroxylation sites is 2. The van der Waals surface area contributed by atoms with Crippen molar-refractivity contribution in [2.24, 2.45) is 14.1 Å². The van der Waals surface area contributed by atoms with Gasteiger partial charge < -0.3 is 9.88 Å². The SMILES string of the molecule is Cc1nn(C)cc1NCc1nc2ccccc2n1C. The van der Waals surface area contributed by atoms with Gasteiger partial charge in [-0.2, -0.15) is 5.10 Å². The summed E-state index contributed by atoms with van der Waals surface area (Å²) in [5.41, 5.74) is 4.24. The molecular formula is C14H17N5. The van der Waals surface area contributed by atoms with E-state index in [0.29, 0.717) is 6.54 Å². The van der Waals surface area contributed by atoms with Gasteiger partial charge >= 0.3 is 0 Å². The quantitative estimate of drug-likeness (QED) is 0.780. The summed E-state index contributed by atoms with van der Waals surface area (Å²) < 4.78 is 3.93. The van der Waals surface area contributed by atoms with Gasteiger partial charge in [-0.15, -0.1) is 0 Å². The smallest absolute Gasteiger partial charge is 0.128 e. The number of aromatic nitrogens is 4. The van der Waals surface area contributed by atoms with Gasteiger partial charge in [-0.05, 0) is 19.1 Å². The molecule has 0 radical (unpaired) electrons. The van der Waals surface area contributed by atoms with Crippen molar-refractivity contribution < 1.29 is 0 Å². The van der Waals surface area contributed by atoms with Gasteiger partial charge in [0.1, 0.15) is 5.82 Å². The number of nitrogens with zero attached hydrogens (tertiary/aromatic N) is 4.